The van der Waals surface area contributed by atoms with Crippen LogP contribution in [-0.4, -0.2) is 37.4 Å². The van der Waals surface area contributed by atoms with Crippen LogP contribution in [0.5, 0.6) is 0 Å². The molecule has 28 heavy (non-hydrogen) atoms. The molecule has 2 amide bonds. The largest absolute Gasteiger partial charge is 0.451 e. The molecule has 1 aromatic carbocycles. The van der Waals surface area contributed by atoms with E-state index in [9.17, 15) is 22.8 Å². The van der Waals surface area contributed by atoms with Crippen LogP contribution >= 0.6 is 11.8 Å². The molecule has 0 radical (unpaired) electrons. The zero-order valence-electron chi connectivity index (χ0n) is 15.5. The molecular formula is C17H18F3N5O2S. The number of amides is 2. The minimum absolute atomic E-state index is 0.0410. The standard InChI is InChI=1S/C17H18F3N5O2S/c1-9(28-15-23-22-13(24(15)4)17(18,19)20)12(26)25-11-8-6-5-7-10(11)21-14(27)16(25,2)3/h5-9H,1-4H3,(H,21,27)/t9-/m0/s1. The normalized spacial score (nSPS) is 17.1. The van der Waals surface area contributed by atoms with Crippen LogP contribution in [0, 0.1) is 0 Å². The highest BCUT2D eigenvalue weighted by Gasteiger charge is 2.45. The van der Waals surface area contributed by atoms with Gasteiger partial charge in [-0.25, -0.2) is 0 Å². The van der Waals surface area contributed by atoms with Gasteiger partial charge in [0.05, 0.1) is 16.6 Å². The first-order chi connectivity index (χ1) is 12.9. The molecule has 0 spiro atoms. The Morgan fingerprint density at radius 3 is 2.50 bits per heavy atom. The Hall–Kier alpha value is -2.56. The van der Waals surface area contributed by atoms with E-state index in [1.165, 1.54) is 11.9 Å². The van der Waals surface area contributed by atoms with Gasteiger partial charge in [-0.15, -0.1) is 10.2 Å². The number of halogens is 3. The van der Waals surface area contributed by atoms with E-state index in [-0.39, 0.29) is 11.1 Å². The predicted molar refractivity (Wildman–Crippen MR) is 98.0 cm³/mol. The monoisotopic (exact) mass is 413 g/mol. The maximum absolute atomic E-state index is 13.2. The maximum atomic E-state index is 13.2. The average Bonchev–Trinajstić information content (AvgIpc) is 2.96. The van der Waals surface area contributed by atoms with E-state index in [1.54, 1.807) is 45.0 Å². The number of anilines is 2. The van der Waals surface area contributed by atoms with Crippen molar-refractivity contribution in [2.24, 2.45) is 7.05 Å². The van der Waals surface area contributed by atoms with Gasteiger partial charge in [0, 0.05) is 7.05 Å². The third kappa shape index (κ3) is 3.34. The van der Waals surface area contributed by atoms with Crippen LogP contribution < -0.4 is 10.2 Å². The molecule has 1 atom stereocenters. The van der Waals surface area contributed by atoms with Crippen molar-refractivity contribution >= 4 is 35.0 Å². The minimum atomic E-state index is -4.64. The average molecular weight is 413 g/mol. The van der Waals surface area contributed by atoms with Crippen LogP contribution in [0.25, 0.3) is 0 Å². The number of carbonyl (C=O) groups is 2. The van der Waals surface area contributed by atoms with E-state index < -0.39 is 28.7 Å². The van der Waals surface area contributed by atoms with Crippen LogP contribution in [0.3, 0.4) is 0 Å². The molecule has 1 N–H and O–H groups in total. The van der Waals surface area contributed by atoms with Crippen LogP contribution in [0.4, 0.5) is 24.5 Å². The third-order valence-corrected chi connectivity index (χ3v) is 5.57. The highest BCUT2D eigenvalue weighted by molar-refractivity contribution is 8.00. The van der Waals surface area contributed by atoms with E-state index in [1.807, 2.05) is 0 Å². The molecule has 150 valence electrons. The molecule has 0 fully saturated rings. The Labute approximate surface area is 163 Å². The van der Waals surface area contributed by atoms with Gasteiger partial charge in [-0.05, 0) is 32.9 Å². The van der Waals surface area contributed by atoms with Crippen molar-refractivity contribution in [3.8, 4) is 0 Å². The van der Waals surface area contributed by atoms with Crippen molar-refractivity contribution in [3.63, 3.8) is 0 Å². The summed E-state index contributed by atoms with van der Waals surface area (Å²) in [6.07, 6.45) is -4.64. The fraction of sp³-hybridized carbons (Fsp3) is 0.412. The number of hydrogen-bond donors (Lipinski definition) is 1. The molecule has 1 aliphatic heterocycles. The van der Waals surface area contributed by atoms with Crippen molar-refractivity contribution in [1.29, 1.82) is 0 Å². The van der Waals surface area contributed by atoms with Crippen molar-refractivity contribution in [3.05, 3.63) is 30.1 Å². The molecule has 2 aromatic rings. The Kier molecular flexibility index (Phi) is 4.90. The van der Waals surface area contributed by atoms with Gasteiger partial charge in [-0.3, -0.25) is 14.5 Å². The van der Waals surface area contributed by atoms with Gasteiger partial charge in [0.2, 0.25) is 17.6 Å². The fourth-order valence-corrected chi connectivity index (χ4v) is 3.76. The predicted octanol–water partition coefficient (Wildman–Crippen LogP) is 3.08. The zero-order chi connectivity index (χ0) is 20.9. The van der Waals surface area contributed by atoms with Crippen molar-refractivity contribution in [2.75, 3.05) is 10.2 Å². The third-order valence-electron chi connectivity index (χ3n) is 4.45. The zero-order valence-corrected chi connectivity index (χ0v) is 16.4. The maximum Gasteiger partial charge on any atom is 0.451 e. The van der Waals surface area contributed by atoms with Gasteiger partial charge >= 0.3 is 6.18 Å². The number of fused-ring (bicyclic) bond motifs is 1. The number of aromatic nitrogens is 3. The molecule has 3 rings (SSSR count). The Balaban J connectivity index is 1.91. The lowest BCUT2D eigenvalue weighted by Crippen LogP contribution is -2.60. The smallest absolute Gasteiger partial charge is 0.322 e. The molecule has 0 aliphatic carbocycles. The number of nitrogens with zero attached hydrogens (tertiary/aromatic N) is 4. The first-order valence-corrected chi connectivity index (χ1v) is 9.20. The molecule has 7 nitrogen and oxygen atoms in total. The lowest BCUT2D eigenvalue weighted by molar-refractivity contribution is -0.147. The number of benzene rings is 1. The minimum Gasteiger partial charge on any atom is -0.322 e. The number of thioether (sulfide) groups is 1. The summed E-state index contributed by atoms with van der Waals surface area (Å²) in [6.45, 7) is 4.77. The number of rotatable bonds is 3. The van der Waals surface area contributed by atoms with Crippen LogP contribution in [0.15, 0.2) is 29.4 Å². The molecule has 0 unspecified atom stereocenters. The second-order valence-electron chi connectivity index (χ2n) is 6.83. The molecule has 0 bridgehead atoms. The Morgan fingerprint density at radius 1 is 1.25 bits per heavy atom. The van der Waals surface area contributed by atoms with Crippen LogP contribution in [-0.2, 0) is 22.8 Å². The number of para-hydroxylation sites is 2. The van der Waals surface area contributed by atoms with E-state index in [0.29, 0.717) is 11.4 Å². The van der Waals surface area contributed by atoms with Crippen molar-refractivity contribution < 1.29 is 22.8 Å². The summed E-state index contributed by atoms with van der Waals surface area (Å²) >= 11 is 0.852. The van der Waals surface area contributed by atoms with Crippen molar-refractivity contribution in [2.45, 2.75) is 42.9 Å². The Morgan fingerprint density at radius 2 is 1.89 bits per heavy atom. The van der Waals surface area contributed by atoms with Crippen molar-refractivity contribution in [1.82, 2.24) is 14.8 Å². The van der Waals surface area contributed by atoms with Crippen LogP contribution in [0.2, 0.25) is 0 Å². The summed E-state index contributed by atoms with van der Waals surface area (Å²) < 4.78 is 39.5. The number of hydrogen-bond acceptors (Lipinski definition) is 5. The van der Waals surface area contributed by atoms with E-state index in [4.69, 9.17) is 0 Å². The molecule has 2 heterocycles. The van der Waals surface area contributed by atoms with E-state index in [2.05, 4.69) is 15.5 Å². The number of carbonyl (C=O) groups excluding carboxylic acids is 2. The summed E-state index contributed by atoms with van der Waals surface area (Å²) in [5.74, 6) is -1.92. The van der Waals surface area contributed by atoms with Gasteiger partial charge in [-0.1, -0.05) is 23.9 Å². The van der Waals surface area contributed by atoms with E-state index in [0.717, 1.165) is 16.3 Å². The van der Waals surface area contributed by atoms with Gasteiger partial charge < -0.3 is 9.88 Å². The fourth-order valence-electron chi connectivity index (χ4n) is 2.90. The lowest BCUT2D eigenvalue weighted by atomic mass is 9.96. The molecule has 1 aromatic heterocycles. The van der Waals surface area contributed by atoms with Crippen LogP contribution in [0.1, 0.15) is 26.6 Å². The number of nitrogens with one attached hydrogen (secondary N) is 1. The molecule has 11 heteroatoms. The first kappa shape index (κ1) is 20.2. The second kappa shape index (κ2) is 6.80. The molecular weight excluding hydrogens is 395 g/mol. The lowest BCUT2D eigenvalue weighted by Gasteiger charge is -2.43. The summed E-state index contributed by atoms with van der Waals surface area (Å²) in [5, 5.41) is 8.63. The van der Waals surface area contributed by atoms with E-state index >= 15 is 0 Å². The highest BCUT2D eigenvalue weighted by atomic mass is 32.2. The summed E-state index contributed by atoms with van der Waals surface area (Å²) in [7, 11) is 1.19. The highest BCUT2D eigenvalue weighted by Crippen LogP contribution is 2.39. The van der Waals surface area contributed by atoms with Gasteiger partial charge in [0.25, 0.3) is 0 Å². The second-order valence-corrected chi connectivity index (χ2v) is 8.13. The summed E-state index contributed by atoms with van der Waals surface area (Å²) in [4.78, 5) is 27.0. The van der Waals surface area contributed by atoms with Gasteiger partial charge in [-0.2, -0.15) is 13.2 Å². The quantitative estimate of drug-likeness (QED) is 0.783. The summed E-state index contributed by atoms with van der Waals surface area (Å²) in [5.41, 5.74) is -0.147. The number of alkyl halides is 3. The molecule has 1 aliphatic rings. The topological polar surface area (TPSA) is 80.1 Å². The van der Waals surface area contributed by atoms with Gasteiger partial charge in [0.1, 0.15) is 5.54 Å². The van der Waals surface area contributed by atoms with Gasteiger partial charge in [0.15, 0.2) is 5.16 Å². The SMILES string of the molecule is C[C@H](Sc1nnc(C(F)(F)F)n1C)C(=O)N1c2ccccc2NC(=O)C1(C)C. The molecule has 0 saturated carbocycles. The first-order valence-electron chi connectivity index (χ1n) is 8.32. The summed E-state index contributed by atoms with van der Waals surface area (Å²) in [6, 6.07) is 6.86. The molecule has 0 saturated heterocycles. The Bertz CT molecular complexity index is 941.